The number of nitrogens with one attached hydrogen (secondary N) is 1. The molecule has 2 amide bonds. The van der Waals surface area contributed by atoms with Crippen LogP contribution < -0.4 is 10.2 Å². The number of amides is 2. The molecule has 0 spiro atoms. The van der Waals surface area contributed by atoms with Gasteiger partial charge in [0.15, 0.2) is 5.11 Å². The van der Waals surface area contributed by atoms with Gasteiger partial charge in [0.05, 0.1) is 11.8 Å². The Bertz CT molecular complexity index is 1440. The highest BCUT2D eigenvalue weighted by molar-refractivity contribution is 9.10. The topological polar surface area (TPSA) is 66.8 Å². The maximum atomic E-state index is 13.6. The van der Waals surface area contributed by atoms with Crippen molar-refractivity contribution in [2.45, 2.75) is 39.3 Å². The second-order valence-corrected chi connectivity index (χ2v) is 10.9. The number of hydrogen-bond donors (Lipinski definition) is 1. The van der Waals surface area contributed by atoms with E-state index in [1.54, 1.807) is 16.8 Å². The largest absolute Gasteiger partial charge is 0.376 e. The summed E-state index contributed by atoms with van der Waals surface area (Å²) in [5.74, 6) is -0.258. The van der Waals surface area contributed by atoms with Crippen LogP contribution in [-0.4, -0.2) is 52.7 Å². The van der Waals surface area contributed by atoms with Crippen molar-refractivity contribution in [1.29, 1.82) is 0 Å². The Morgan fingerprint density at radius 1 is 1.22 bits per heavy atom. The van der Waals surface area contributed by atoms with Gasteiger partial charge in [-0.15, -0.1) is 0 Å². The van der Waals surface area contributed by atoms with E-state index in [0.29, 0.717) is 17.4 Å². The molecule has 37 heavy (non-hydrogen) atoms. The summed E-state index contributed by atoms with van der Waals surface area (Å²) in [6.45, 7) is 5.51. The molecule has 2 aliphatic heterocycles. The van der Waals surface area contributed by atoms with Crippen LogP contribution in [0, 0.1) is 13.8 Å². The van der Waals surface area contributed by atoms with Crippen molar-refractivity contribution in [3.63, 3.8) is 0 Å². The molecule has 2 saturated heterocycles. The van der Waals surface area contributed by atoms with Crippen LogP contribution in [0.1, 0.15) is 29.5 Å². The SMILES string of the molecule is Cc1ccc(N2C(=O)/C(=C/c3cn(CC(=O)NC[C@@H]4CCCO4)c4ccc(Br)cc34)N(C)C2=S)cc1C. The van der Waals surface area contributed by atoms with Crippen molar-refractivity contribution in [2.24, 2.45) is 0 Å². The number of likely N-dealkylation sites (N-methyl/N-ethyl adjacent to an activating group) is 1. The first-order chi connectivity index (χ1) is 17.7. The van der Waals surface area contributed by atoms with Crippen molar-refractivity contribution in [2.75, 3.05) is 25.1 Å². The minimum Gasteiger partial charge on any atom is -0.376 e. The number of thiocarbonyl (C=S) groups is 1. The summed E-state index contributed by atoms with van der Waals surface area (Å²) in [6, 6.07) is 11.8. The van der Waals surface area contributed by atoms with Crippen LogP contribution in [0.25, 0.3) is 17.0 Å². The summed E-state index contributed by atoms with van der Waals surface area (Å²) >= 11 is 9.22. The Morgan fingerprint density at radius 2 is 2.03 bits per heavy atom. The highest BCUT2D eigenvalue weighted by atomic mass is 79.9. The number of carbonyl (C=O) groups is 2. The molecule has 5 rings (SSSR count). The minimum atomic E-state index is -0.180. The lowest BCUT2D eigenvalue weighted by molar-refractivity contribution is -0.122. The summed E-state index contributed by atoms with van der Waals surface area (Å²) in [5.41, 5.74) is 5.22. The number of benzene rings is 2. The Morgan fingerprint density at radius 3 is 2.76 bits per heavy atom. The minimum absolute atomic E-state index is 0.0781. The first-order valence-corrected chi connectivity index (χ1v) is 13.5. The van der Waals surface area contributed by atoms with E-state index in [1.807, 2.05) is 67.1 Å². The third kappa shape index (κ3) is 5.08. The van der Waals surface area contributed by atoms with Crippen LogP contribution in [0.5, 0.6) is 0 Å². The van der Waals surface area contributed by atoms with E-state index >= 15 is 0 Å². The van der Waals surface area contributed by atoms with Crippen molar-refractivity contribution < 1.29 is 14.3 Å². The Labute approximate surface area is 230 Å². The molecule has 0 unspecified atom stereocenters. The van der Waals surface area contributed by atoms with E-state index in [9.17, 15) is 9.59 Å². The molecule has 1 N–H and O–H groups in total. The Balaban J connectivity index is 1.45. The van der Waals surface area contributed by atoms with Gasteiger partial charge in [-0.05, 0) is 86.4 Å². The van der Waals surface area contributed by atoms with Gasteiger partial charge in [-0.25, -0.2) is 0 Å². The standard InChI is InChI=1S/C28H29BrN4O3S/c1-17-6-8-21(11-18(17)2)33-27(35)25(31(3)28(33)37)12-19-15-32(24-9-7-20(29)13-23(19)24)16-26(34)30-14-22-5-4-10-36-22/h6-9,11-13,15,22H,4-5,10,14,16H2,1-3H3,(H,30,34)/b25-12-/t22-/m0/s1. The smallest absolute Gasteiger partial charge is 0.281 e. The highest BCUT2D eigenvalue weighted by Gasteiger charge is 2.37. The summed E-state index contributed by atoms with van der Waals surface area (Å²) in [4.78, 5) is 29.6. The molecule has 0 radical (unpaired) electrons. The zero-order chi connectivity index (χ0) is 26.3. The number of hydrogen-bond acceptors (Lipinski definition) is 4. The molecule has 0 bridgehead atoms. The molecule has 3 heterocycles. The van der Waals surface area contributed by atoms with E-state index in [-0.39, 0.29) is 24.5 Å². The van der Waals surface area contributed by atoms with E-state index in [4.69, 9.17) is 17.0 Å². The van der Waals surface area contributed by atoms with Gasteiger partial charge in [0.1, 0.15) is 12.2 Å². The zero-order valence-corrected chi connectivity index (χ0v) is 23.5. The number of nitrogens with zero attached hydrogens (tertiary/aromatic N) is 3. The predicted octanol–water partition coefficient (Wildman–Crippen LogP) is 4.92. The molecule has 2 aromatic carbocycles. The molecule has 9 heteroatoms. The molecule has 192 valence electrons. The average Bonchev–Trinajstić information content (AvgIpc) is 3.55. The summed E-state index contributed by atoms with van der Waals surface area (Å²) in [5, 5.41) is 4.35. The number of fused-ring (bicyclic) bond motifs is 1. The summed E-state index contributed by atoms with van der Waals surface area (Å²) < 4.78 is 8.44. The summed E-state index contributed by atoms with van der Waals surface area (Å²) in [7, 11) is 1.81. The highest BCUT2D eigenvalue weighted by Crippen LogP contribution is 2.32. The fourth-order valence-electron chi connectivity index (χ4n) is 4.78. The first kappa shape index (κ1) is 25.6. The van der Waals surface area contributed by atoms with Crippen LogP contribution >= 0.6 is 28.1 Å². The average molecular weight is 582 g/mol. The third-order valence-corrected chi connectivity index (χ3v) is 7.99. The monoisotopic (exact) mass is 580 g/mol. The van der Waals surface area contributed by atoms with Gasteiger partial charge < -0.3 is 19.5 Å². The number of anilines is 1. The van der Waals surface area contributed by atoms with Crippen LogP contribution in [-0.2, 0) is 20.9 Å². The third-order valence-electron chi connectivity index (χ3n) is 7.04. The van der Waals surface area contributed by atoms with E-state index in [2.05, 4.69) is 21.2 Å². The quantitative estimate of drug-likeness (QED) is 0.331. The van der Waals surface area contributed by atoms with Gasteiger partial charge in [-0.2, -0.15) is 0 Å². The molecule has 7 nitrogen and oxygen atoms in total. The molecule has 0 saturated carbocycles. The second kappa shape index (κ2) is 10.4. The van der Waals surface area contributed by atoms with Gasteiger partial charge in [-0.3, -0.25) is 14.5 Å². The van der Waals surface area contributed by atoms with Gasteiger partial charge >= 0.3 is 0 Å². The lowest BCUT2D eigenvalue weighted by atomic mass is 10.1. The van der Waals surface area contributed by atoms with Crippen LogP contribution in [0.4, 0.5) is 5.69 Å². The molecule has 2 fully saturated rings. The van der Waals surface area contributed by atoms with E-state index in [1.165, 1.54) is 0 Å². The van der Waals surface area contributed by atoms with Gasteiger partial charge in [0, 0.05) is 47.3 Å². The lowest BCUT2D eigenvalue weighted by Gasteiger charge is -2.17. The van der Waals surface area contributed by atoms with Gasteiger partial charge in [-0.1, -0.05) is 22.0 Å². The van der Waals surface area contributed by atoms with Crippen molar-refractivity contribution >= 4 is 67.7 Å². The van der Waals surface area contributed by atoms with Crippen LogP contribution in [0.2, 0.25) is 0 Å². The first-order valence-electron chi connectivity index (χ1n) is 12.3. The normalized spacial score (nSPS) is 19.0. The molecule has 2 aliphatic rings. The van der Waals surface area contributed by atoms with Crippen molar-refractivity contribution in [3.05, 3.63) is 69.5 Å². The number of aromatic nitrogens is 1. The molecule has 1 aromatic heterocycles. The molecule has 0 aliphatic carbocycles. The predicted molar refractivity (Wildman–Crippen MR) is 153 cm³/mol. The number of carbonyl (C=O) groups excluding carboxylic acids is 2. The maximum Gasteiger partial charge on any atom is 0.281 e. The van der Waals surface area contributed by atoms with Crippen molar-refractivity contribution in [3.8, 4) is 0 Å². The molecule has 1 atom stereocenters. The maximum absolute atomic E-state index is 13.6. The molecular weight excluding hydrogens is 552 g/mol. The number of rotatable bonds is 6. The van der Waals surface area contributed by atoms with Crippen LogP contribution in [0.3, 0.4) is 0 Å². The fourth-order valence-corrected chi connectivity index (χ4v) is 5.43. The fraction of sp³-hybridized carbons (Fsp3) is 0.321. The summed E-state index contributed by atoms with van der Waals surface area (Å²) in [6.07, 6.45) is 5.87. The second-order valence-electron chi connectivity index (χ2n) is 9.59. The molecule has 3 aromatic rings. The lowest BCUT2D eigenvalue weighted by Crippen LogP contribution is -2.34. The number of ether oxygens (including phenoxy) is 1. The van der Waals surface area contributed by atoms with Crippen molar-refractivity contribution in [1.82, 2.24) is 14.8 Å². The Kier molecular flexibility index (Phi) is 7.20. The Hall–Kier alpha value is -3.01. The van der Waals surface area contributed by atoms with Gasteiger partial charge in [0.2, 0.25) is 5.91 Å². The van der Waals surface area contributed by atoms with E-state index in [0.717, 1.165) is 57.2 Å². The molecular formula is C28H29BrN4O3S. The zero-order valence-electron chi connectivity index (χ0n) is 21.1. The number of aryl methyl sites for hydroxylation is 2. The number of halogens is 1. The van der Waals surface area contributed by atoms with Gasteiger partial charge in [0.25, 0.3) is 5.91 Å². The van der Waals surface area contributed by atoms with E-state index < -0.39 is 0 Å². The van der Waals surface area contributed by atoms with Crippen LogP contribution in [0.15, 0.2) is 52.8 Å².